The molecule has 3 heteroatoms. The summed E-state index contributed by atoms with van der Waals surface area (Å²) in [5.41, 5.74) is 7.04. The molecule has 0 aliphatic heterocycles. The Balaban J connectivity index is 0.000000490. The molecule has 0 amide bonds. The second-order valence-corrected chi connectivity index (χ2v) is 2.14. The number of rotatable bonds is 1. The molecule has 0 radical (unpaired) electrons. The van der Waals surface area contributed by atoms with E-state index in [1.165, 1.54) is 0 Å². The third-order valence-electron chi connectivity index (χ3n) is 0.685. The number of nitrogens with zero attached hydrogens (tertiary/aromatic N) is 1. The molecule has 0 spiro atoms. The summed E-state index contributed by atoms with van der Waals surface area (Å²) in [7, 11) is 0. The fraction of sp³-hybridized carbons (Fsp3) is 0.250. The fourth-order valence-electron chi connectivity index (χ4n) is 0.343. The van der Waals surface area contributed by atoms with Gasteiger partial charge in [0.25, 0.3) is 0 Å². The number of nitrogens with two attached hydrogens (primary N) is 1. The zero-order chi connectivity index (χ0) is 5.11. The molecule has 40 valence electrons. The quantitative estimate of drug-likeness (QED) is 0.590. The molecular weight excluding hydrogens is 108 g/mol. The van der Waals surface area contributed by atoms with Crippen LogP contribution in [0.3, 0.4) is 0 Å². The van der Waals surface area contributed by atoms with Crippen molar-refractivity contribution in [1.29, 1.82) is 0 Å². The van der Waals surface area contributed by atoms with Crippen LogP contribution in [0, 0.1) is 0 Å². The minimum Gasteiger partial charge on any atom is -0.326 e. The van der Waals surface area contributed by atoms with Gasteiger partial charge in [-0.25, -0.2) is 0 Å². The van der Waals surface area contributed by atoms with Crippen LogP contribution in [0.4, 0.5) is 0 Å². The average molecular weight is 116 g/mol. The Morgan fingerprint density at radius 1 is 2.00 bits per heavy atom. The average Bonchev–Trinajstić information content (AvgIpc) is 2.14. The highest BCUT2D eigenvalue weighted by molar-refractivity contribution is 7.09. The SMILES string of the molecule is NCc1cncs1.[HH]. The largest absolute Gasteiger partial charge is 0.326 e. The normalized spacial score (nSPS) is 9.29. The number of hydrogen-bond acceptors (Lipinski definition) is 3. The van der Waals surface area contributed by atoms with Crippen molar-refractivity contribution in [3.8, 4) is 0 Å². The summed E-state index contributed by atoms with van der Waals surface area (Å²) >= 11 is 1.59. The minimum absolute atomic E-state index is 0. The van der Waals surface area contributed by atoms with E-state index in [0.29, 0.717) is 6.54 Å². The molecule has 0 bridgehead atoms. The van der Waals surface area contributed by atoms with Crippen molar-refractivity contribution < 1.29 is 1.43 Å². The molecule has 1 rings (SSSR count). The predicted octanol–water partition coefficient (Wildman–Crippen LogP) is 0.848. The van der Waals surface area contributed by atoms with E-state index in [1.54, 1.807) is 23.0 Å². The van der Waals surface area contributed by atoms with Gasteiger partial charge in [-0.3, -0.25) is 4.98 Å². The molecule has 0 fully saturated rings. The first kappa shape index (κ1) is 4.74. The highest BCUT2D eigenvalue weighted by Gasteiger charge is 1.84. The monoisotopic (exact) mass is 116 g/mol. The lowest BCUT2D eigenvalue weighted by atomic mass is 10.6. The van der Waals surface area contributed by atoms with Gasteiger partial charge in [0, 0.05) is 19.0 Å². The lowest BCUT2D eigenvalue weighted by molar-refractivity contribution is 1.10. The van der Waals surface area contributed by atoms with E-state index in [0.717, 1.165) is 4.88 Å². The number of hydrogen-bond donors (Lipinski definition) is 1. The molecule has 0 aliphatic carbocycles. The molecule has 0 saturated carbocycles. The second kappa shape index (κ2) is 2.04. The highest BCUT2D eigenvalue weighted by Crippen LogP contribution is 2.01. The van der Waals surface area contributed by atoms with Gasteiger partial charge in [0.2, 0.25) is 0 Å². The topological polar surface area (TPSA) is 38.9 Å². The Morgan fingerprint density at radius 3 is 3.14 bits per heavy atom. The maximum Gasteiger partial charge on any atom is 0.0794 e. The van der Waals surface area contributed by atoms with Crippen molar-refractivity contribution in [2.24, 2.45) is 5.73 Å². The Morgan fingerprint density at radius 2 is 2.86 bits per heavy atom. The molecule has 2 N–H and O–H groups in total. The fourth-order valence-corrected chi connectivity index (χ4v) is 0.818. The zero-order valence-electron chi connectivity index (χ0n) is 3.79. The van der Waals surface area contributed by atoms with Gasteiger partial charge in [0.15, 0.2) is 0 Å². The summed E-state index contributed by atoms with van der Waals surface area (Å²) in [5.74, 6) is 0. The molecule has 2 nitrogen and oxygen atoms in total. The summed E-state index contributed by atoms with van der Waals surface area (Å²) in [6.45, 7) is 0.616. The highest BCUT2D eigenvalue weighted by atomic mass is 32.1. The van der Waals surface area contributed by atoms with Crippen LogP contribution in [0.15, 0.2) is 11.7 Å². The molecule has 0 atom stereocenters. The van der Waals surface area contributed by atoms with Crippen LogP contribution in [0.25, 0.3) is 0 Å². The van der Waals surface area contributed by atoms with Crippen LogP contribution in [0.2, 0.25) is 0 Å². The van der Waals surface area contributed by atoms with Crippen LogP contribution in [0.1, 0.15) is 6.30 Å². The second-order valence-electron chi connectivity index (χ2n) is 1.17. The minimum atomic E-state index is 0. The maximum absolute atomic E-state index is 5.26. The number of aromatic nitrogens is 1. The summed E-state index contributed by atoms with van der Waals surface area (Å²) in [5, 5.41) is 0. The summed E-state index contributed by atoms with van der Waals surface area (Å²) in [4.78, 5) is 4.97. The third kappa shape index (κ3) is 0.976. The molecule has 0 saturated heterocycles. The molecule has 1 aromatic heterocycles. The zero-order valence-corrected chi connectivity index (χ0v) is 4.61. The van der Waals surface area contributed by atoms with E-state index in [-0.39, 0.29) is 1.43 Å². The molecule has 0 unspecified atom stereocenters. The van der Waals surface area contributed by atoms with Crippen LogP contribution < -0.4 is 5.73 Å². The molecule has 0 aromatic carbocycles. The summed E-state index contributed by atoms with van der Waals surface area (Å²) < 4.78 is 0. The first-order valence-corrected chi connectivity index (χ1v) is 2.89. The van der Waals surface area contributed by atoms with Crippen LogP contribution in [-0.2, 0) is 6.54 Å². The van der Waals surface area contributed by atoms with E-state index in [1.807, 2.05) is 0 Å². The van der Waals surface area contributed by atoms with E-state index in [4.69, 9.17) is 5.73 Å². The van der Waals surface area contributed by atoms with Gasteiger partial charge in [-0.1, -0.05) is 0 Å². The predicted molar refractivity (Wildman–Crippen MR) is 32.1 cm³/mol. The van der Waals surface area contributed by atoms with Gasteiger partial charge in [-0.15, -0.1) is 11.3 Å². The number of thiazole rings is 1. The molecular formula is C4H8N2S. The van der Waals surface area contributed by atoms with E-state index >= 15 is 0 Å². The van der Waals surface area contributed by atoms with Crippen molar-refractivity contribution in [3.05, 3.63) is 16.6 Å². The van der Waals surface area contributed by atoms with Crippen LogP contribution in [-0.4, -0.2) is 4.98 Å². The van der Waals surface area contributed by atoms with Crippen molar-refractivity contribution in [1.82, 2.24) is 4.98 Å². The van der Waals surface area contributed by atoms with Crippen molar-refractivity contribution in [3.63, 3.8) is 0 Å². The standard InChI is InChI=1S/C4H6N2S.H2/c5-1-4-2-6-3-7-4;/h2-3H,1,5H2;1H. The van der Waals surface area contributed by atoms with E-state index in [2.05, 4.69) is 4.98 Å². The van der Waals surface area contributed by atoms with Crippen molar-refractivity contribution in [2.75, 3.05) is 0 Å². The Hall–Kier alpha value is -0.410. The van der Waals surface area contributed by atoms with E-state index < -0.39 is 0 Å². The van der Waals surface area contributed by atoms with E-state index in [9.17, 15) is 0 Å². The smallest absolute Gasteiger partial charge is 0.0794 e. The van der Waals surface area contributed by atoms with Crippen LogP contribution in [0.5, 0.6) is 0 Å². The Labute approximate surface area is 47.5 Å². The lowest BCUT2D eigenvalue weighted by Gasteiger charge is -1.77. The third-order valence-corrected chi connectivity index (χ3v) is 1.49. The summed E-state index contributed by atoms with van der Waals surface area (Å²) in [6.07, 6.45) is 1.78. The van der Waals surface area contributed by atoms with Crippen molar-refractivity contribution >= 4 is 11.3 Å². The van der Waals surface area contributed by atoms with Gasteiger partial charge in [0.1, 0.15) is 0 Å². The van der Waals surface area contributed by atoms with Gasteiger partial charge in [-0.05, 0) is 0 Å². The first-order chi connectivity index (χ1) is 3.43. The Kier molecular flexibility index (Phi) is 1.38. The lowest BCUT2D eigenvalue weighted by Crippen LogP contribution is -1.91. The summed E-state index contributed by atoms with van der Waals surface area (Å²) in [6, 6.07) is 0. The Bertz CT molecular complexity index is 129. The van der Waals surface area contributed by atoms with Gasteiger partial charge in [-0.2, -0.15) is 0 Å². The molecule has 1 aromatic rings. The van der Waals surface area contributed by atoms with Gasteiger partial charge >= 0.3 is 0 Å². The molecule has 1 heterocycles. The van der Waals surface area contributed by atoms with Crippen LogP contribution >= 0.6 is 11.3 Å². The first-order valence-electron chi connectivity index (χ1n) is 2.01. The van der Waals surface area contributed by atoms with Crippen molar-refractivity contribution in [2.45, 2.75) is 6.54 Å². The molecule has 7 heavy (non-hydrogen) atoms. The molecule has 0 aliphatic rings. The van der Waals surface area contributed by atoms with Gasteiger partial charge < -0.3 is 5.73 Å². The maximum atomic E-state index is 5.26. The van der Waals surface area contributed by atoms with Gasteiger partial charge in [0.05, 0.1) is 5.51 Å².